The predicted octanol–water partition coefficient (Wildman–Crippen LogP) is 1.80. The van der Waals surface area contributed by atoms with Gasteiger partial charge in [0.25, 0.3) is 5.91 Å². The molecule has 1 amide bonds. The van der Waals surface area contributed by atoms with Gasteiger partial charge in [-0.25, -0.2) is 0 Å². The number of hydrogen-bond acceptors (Lipinski definition) is 3. The first-order valence-corrected chi connectivity index (χ1v) is 6.21. The van der Waals surface area contributed by atoms with Crippen LogP contribution < -0.4 is 5.32 Å². The van der Waals surface area contributed by atoms with Crippen molar-refractivity contribution in [3.63, 3.8) is 0 Å². The van der Waals surface area contributed by atoms with E-state index in [9.17, 15) is 4.79 Å². The Kier molecular flexibility index (Phi) is 3.84. The standard InChI is InChI=1S/C13H20N2O2/c1-10-7-11(9-17-10)13(16)15(2)8-12-5-3-4-6-14-12/h7,9,12,14H,3-6,8H2,1-2H3. The zero-order chi connectivity index (χ0) is 12.3. The van der Waals surface area contributed by atoms with Gasteiger partial charge >= 0.3 is 0 Å². The van der Waals surface area contributed by atoms with Crippen molar-refractivity contribution in [3.8, 4) is 0 Å². The number of nitrogens with one attached hydrogen (secondary N) is 1. The molecule has 2 rings (SSSR count). The Morgan fingerprint density at radius 2 is 2.41 bits per heavy atom. The quantitative estimate of drug-likeness (QED) is 0.870. The Bertz CT molecular complexity index is 381. The number of rotatable bonds is 3. The first-order valence-electron chi connectivity index (χ1n) is 6.21. The topological polar surface area (TPSA) is 45.5 Å². The lowest BCUT2D eigenvalue weighted by atomic mass is 10.0. The number of furan rings is 1. The summed E-state index contributed by atoms with van der Waals surface area (Å²) in [5.41, 5.74) is 0.640. The summed E-state index contributed by atoms with van der Waals surface area (Å²) in [7, 11) is 1.85. The fourth-order valence-electron chi connectivity index (χ4n) is 2.27. The van der Waals surface area contributed by atoms with Crippen molar-refractivity contribution in [2.75, 3.05) is 20.1 Å². The minimum Gasteiger partial charge on any atom is -0.469 e. The fourth-order valence-corrected chi connectivity index (χ4v) is 2.27. The smallest absolute Gasteiger partial charge is 0.256 e. The van der Waals surface area contributed by atoms with Crippen molar-refractivity contribution >= 4 is 5.91 Å². The summed E-state index contributed by atoms with van der Waals surface area (Å²) in [5, 5.41) is 3.44. The minimum absolute atomic E-state index is 0.0363. The molecule has 1 atom stereocenters. The molecule has 1 fully saturated rings. The van der Waals surface area contributed by atoms with Gasteiger partial charge < -0.3 is 14.6 Å². The van der Waals surface area contributed by atoms with E-state index in [1.807, 2.05) is 14.0 Å². The largest absolute Gasteiger partial charge is 0.469 e. The third kappa shape index (κ3) is 3.09. The lowest BCUT2D eigenvalue weighted by Gasteiger charge is -2.28. The highest BCUT2D eigenvalue weighted by atomic mass is 16.3. The number of piperidine rings is 1. The molecule has 1 saturated heterocycles. The highest BCUT2D eigenvalue weighted by molar-refractivity contribution is 5.93. The van der Waals surface area contributed by atoms with Crippen molar-refractivity contribution in [1.29, 1.82) is 0 Å². The molecule has 17 heavy (non-hydrogen) atoms. The van der Waals surface area contributed by atoms with Gasteiger partial charge in [-0.1, -0.05) is 6.42 Å². The van der Waals surface area contributed by atoms with Gasteiger partial charge in [0, 0.05) is 19.6 Å². The maximum absolute atomic E-state index is 12.1. The fraction of sp³-hybridized carbons (Fsp3) is 0.615. The molecule has 4 heteroatoms. The van der Waals surface area contributed by atoms with Crippen LogP contribution in [0, 0.1) is 6.92 Å². The summed E-state index contributed by atoms with van der Waals surface area (Å²) >= 11 is 0. The number of carbonyl (C=O) groups is 1. The van der Waals surface area contributed by atoms with Crippen LogP contribution in [0.3, 0.4) is 0 Å². The van der Waals surface area contributed by atoms with Gasteiger partial charge in [-0.15, -0.1) is 0 Å². The predicted molar refractivity (Wildman–Crippen MR) is 66.0 cm³/mol. The number of aryl methyl sites for hydroxylation is 1. The highest BCUT2D eigenvalue weighted by Crippen LogP contribution is 2.12. The van der Waals surface area contributed by atoms with Crippen LogP contribution in [-0.4, -0.2) is 37.0 Å². The second-order valence-corrected chi connectivity index (χ2v) is 4.78. The van der Waals surface area contributed by atoms with Crippen LogP contribution in [0.1, 0.15) is 35.4 Å². The van der Waals surface area contributed by atoms with E-state index in [1.165, 1.54) is 19.1 Å². The number of hydrogen-bond donors (Lipinski definition) is 1. The third-order valence-corrected chi connectivity index (χ3v) is 3.23. The number of carbonyl (C=O) groups excluding carboxylic acids is 1. The Hall–Kier alpha value is -1.29. The van der Waals surface area contributed by atoms with E-state index < -0.39 is 0 Å². The Labute approximate surface area is 102 Å². The molecule has 4 nitrogen and oxygen atoms in total. The van der Waals surface area contributed by atoms with Crippen LogP contribution in [0.4, 0.5) is 0 Å². The Morgan fingerprint density at radius 1 is 1.59 bits per heavy atom. The molecule has 1 aliphatic heterocycles. The average Bonchev–Trinajstić information content (AvgIpc) is 2.76. The van der Waals surface area contributed by atoms with Crippen molar-refractivity contribution in [2.45, 2.75) is 32.2 Å². The molecule has 0 bridgehead atoms. The van der Waals surface area contributed by atoms with Gasteiger partial charge in [-0.2, -0.15) is 0 Å². The first-order chi connectivity index (χ1) is 8.16. The first kappa shape index (κ1) is 12.2. The molecule has 1 unspecified atom stereocenters. The van der Waals surface area contributed by atoms with E-state index in [1.54, 1.807) is 11.0 Å². The van der Waals surface area contributed by atoms with Crippen LogP contribution in [0.25, 0.3) is 0 Å². The van der Waals surface area contributed by atoms with Crippen molar-refractivity contribution in [2.24, 2.45) is 0 Å². The van der Waals surface area contributed by atoms with E-state index in [4.69, 9.17) is 4.42 Å². The van der Waals surface area contributed by atoms with Crippen LogP contribution in [0.15, 0.2) is 16.7 Å². The van der Waals surface area contributed by atoms with E-state index in [2.05, 4.69) is 5.32 Å². The monoisotopic (exact) mass is 236 g/mol. The van der Waals surface area contributed by atoms with E-state index in [0.29, 0.717) is 11.6 Å². The molecule has 0 radical (unpaired) electrons. The van der Waals surface area contributed by atoms with Crippen molar-refractivity contribution in [3.05, 3.63) is 23.7 Å². The zero-order valence-electron chi connectivity index (χ0n) is 10.5. The summed E-state index contributed by atoms with van der Waals surface area (Å²) < 4.78 is 5.16. The SMILES string of the molecule is Cc1cc(C(=O)N(C)CC2CCCCN2)co1. The second-order valence-electron chi connectivity index (χ2n) is 4.78. The lowest BCUT2D eigenvalue weighted by molar-refractivity contribution is 0.0774. The van der Waals surface area contributed by atoms with Crippen LogP contribution in [0.5, 0.6) is 0 Å². The molecule has 94 valence electrons. The molecule has 0 aromatic carbocycles. The van der Waals surface area contributed by atoms with Gasteiger partial charge in [0.2, 0.25) is 0 Å². The lowest BCUT2D eigenvalue weighted by Crippen LogP contribution is -2.44. The van der Waals surface area contributed by atoms with E-state index >= 15 is 0 Å². The second kappa shape index (κ2) is 5.36. The molecule has 1 N–H and O–H groups in total. The van der Waals surface area contributed by atoms with Crippen LogP contribution in [0.2, 0.25) is 0 Å². The van der Waals surface area contributed by atoms with Gasteiger partial charge in [0.15, 0.2) is 0 Å². The molecule has 0 saturated carbocycles. The summed E-state index contributed by atoms with van der Waals surface area (Å²) in [4.78, 5) is 13.8. The van der Waals surface area contributed by atoms with Crippen molar-refractivity contribution in [1.82, 2.24) is 10.2 Å². The van der Waals surface area contributed by atoms with Crippen LogP contribution in [-0.2, 0) is 0 Å². The number of nitrogens with zero attached hydrogens (tertiary/aromatic N) is 1. The molecule has 1 aliphatic rings. The maximum Gasteiger partial charge on any atom is 0.256 e. The summed E-state index contributed by atoms with van der Waals surface area (Å²) in [6, 6.07) is 2.22. The van der Waals surface area contributed by atoms with Gasteiger partial charge in [-0.3, -0.25) is 4.79 Å². The maximum atomic E-state index is 12.1. The van der Waals surface area contributed by atoms with E-state index in [-0.39, 0.29) is 5.91 Å². The molecule has 0 spiro atoms. The van der Waals surface area contributed by atoms with Gasteiger partial charge in [0.05, 0.1) is 5.56 Å². The van der Waals surface area contributed by atoms with Gasteiger partial charge in [0.1, 0.15) is 12.0 Å². The van der Waals surface area contributed by atoms with E-state index in [0.717, 1.165) is 25.3 Å². The summed E-state index contributed by atoms with van der Waals surface area (Å²) in [5.74, 6) is 0.812. The molecule has 0 aliphatic carbocycles. The molecular weight excluding hydrogens is 216 g/mol. The number of likely N-dealkylation sites (N-methyl/N-ethyl adjacent to an activating group) is 1. The molecular formula is C13H20N2O2. The minimum atomic E-state index is 0.0363. The van der Waals surface area contributed by atoms with Gasteiger partial charge in [-0.05, 0) is 32.4 Å². The summed E-state index contributed by atoms with van der Waals surface area (Å²) in [6.45, 7) is 3.68. The highest BCUT2D eigenvalue weighted by Gasteiger charge is 2.19. The Balaban J connectivity index is 1.90. The van der Waals surface area contributed by atoms with Crippen LogP contribution >= 0.6 is 0 Å². The Morgan fingerprint density at radius 3 is 3.00 bits per heavy atom. The zero-order valence-corrected chi connectivity index (χ0v) is 10.5. The number of amides is 1. The van der Waals surface area contributed by atoms with Crippen molar-refractivity contribution < 1.29 is 9.21 Å². The third-order valence-electron chi connectivity index (χ3n) is 3.23. The average molecular weight is 236 g/mol. The molecule has 1 aromatic rings. The molecule has 1 aromatic heterocycles. The molecule has 2 heterocycles. The summed E-state index contributed by atoms with van der Waals surface area (Å²) in [6.07, 6.45) is 5.18. The normalized spacial score (nSPS) is 20.2.